The van der Waals surface area contributed by atoms with Gasteiger partial charge in [0.2, 0.25) is 0 Å². The molecule has 0 spiro atoms. The van der Waals surface area contributed by atoms with Gasteiger partial charge in [-0.05, 0) is 54.3 Å². The van der Waals surface area contributed by atoms with Crippen LogP contribution in [0.2, 0.25) is 0 Å². The number of nitrogens with zero attached hydrogens (tertiary/aromatic N) is 3. The monoisotopic (exact) mass is 379 g/mol. The smallest absolute Gasteiger partial charge is 0.263 e. The number of carbonyl (C=O) groups is 2. The van der Waals surface area contributed by atoms with Gasteiger partial charge in [-0.3, -0.25) is 9.59 Å². The molecule has 0 unspecified atom stereocenters. The van der Waals surface area contributed by atoms with Crippen LogP contribution in [0, 0.1) is 0 Å². The van der Waals surface area contributed by atoms with Crippen molar-refractivity contribution in [2.45, 2.75) is 6.42 Å². The van der Waals surface area contributed by atoms with E-state index < -0.39 is 0 Å². The van der Waals surface area contributed by atoms with Gasteiger partial charge in [0.05, 0.1) is 4.88 Å². The van der Waals surface area contributed by atoms with Crippen molar-refractivity contribution >= 4 is 23.2 Å². The van der Waals surface area contributed by atoms with Crippen LogP contribution in [0.4, 0.5) is 0 Å². The number of benzene rings is 1. The zero-order valence-corrected chi connectivity index (χ0v) is 15.8. The van der Waals surface area contributed by atoms with Gasteiger partial charge in [0.1, 0.15) is 0 Å². The second kappa shape index (κ2) is 7.80. The van der Waals surface area contributed by atoms with E-state index >= 15 is 0 Å². The Balaban J connectivity index is 1.41. The van der Waals surface area contributed by atoms with E-state index in [0.717, 1.165) is 17.0 Å². The zero-order chi connectivity index (χ0) is 18.6. The van der Waals surface area contributed by atoms with Crippen LogP contribution in [0.15, 0.2) is 66.3 Å². The summed E-state index contributed by atoms with van der Waals surface area (Å²) < 4.78 is 2.01. The van der Waals surface area contributed by atoms with E-state index in [1.807, 2.05) is 80.7 Å². The number of thiophene rings is 1. The molecule has 0 N–H and O–H groups in total. The van der Waals surface area contributed by atoms with Crippen LogP contribution in [0.25, 0.3) is 5.69 Å². The number of carbonyl (C=O) groups excluding carboxylic acids is 2. The third-order valence-electron chi connectivity index (χ3n) is 4.82. The molecular weight excluding hydrogens is 358 g/mol. The minimum absolute atomic E-state index is 0.0273. The number of hydrogen-bond acceptors (Lipinski definition) is 3. The molecule has 1 aromatic carbocycles. The van der Waals surface area contributed by atoms with Crippen molar-refractivity contribution in [1.82, 2.24) is 14.4 Å². The summed E-state index contributed by atoms with van der Waals surface area (Å²) in [7, 11) is 0. The Morgan fingerprint density at radius 2 is 1.44 bits per heavy atom. The van der Waals surface area contributed by atoms with E-state index in [1.54, 1.807) is 0 Å². The van der Waals surface area contributed by atoms with Gasteiger partial charge in [-0.2, -0.15) is 0 Å². The normalized spacial score (nSPS) is 14.8. The Morgan fingerprint density at radius 3 is 2.07 bits per heavy atom. The molecule has 27 heavy (non-hydrogen) atoms. The molecule has 5 nitrogen and oxygen atoms in total. The topological polar surface area (TPSA) is 45.6 Å². The van der Waals surface area contributed by atoms with Crippen molar-refractivity contribution in [3.05, 3.63) is 76.7 Å². The molecule has 3 heterocycles. The van der Waals surface area contributed by atoms with Crippen molar-refractivity contribution < 1.29 is 9.59 Å². The average Bonchev–Trinajstić information content (AvgIpc) is 3.38. The molecule has 0 radical (unpaired) electrons. The van der Waals surface area contributed by atoms with Gasteiger partial charge in [0.25, 0.3) is 11.8 Å². The summed E-state index contributed by atoms with van der Waals surface area (Å²) in [6, 6.07) is 15.3. The van der Waals surface area contributed by atoms with Gasteiger partial charge in [-0.25, -0.2) is 0 Å². The average molecular weight is 379 g/mol. The fourth-order valence-electron chi connectivity index (χ4n) is 3.35. The first-order chi connectivity index (χ1) is 13.2. The minimum Gasteiger partial charge on any atom is -0.337 e. The van der Waals surface area contributed by atoms with Gasteiger partial charge in [0, 0.05) is 49.8 Å². The molecule has 4 rings (SSSR count). The van der Waals surface area contributed by atoms with Crippen molar-refractivity contribution in [1.29, 1.82) is 0 Å². The highest BCUT2D eigenvalue weighted by Crippen LogP contribution is 2.16. The lowest BCUT2D eigenvalue weighted by molar-refractivity contribution is 0.0721. The first kappa shape index (κ1) is 17.5. The lowest BCUT2D eigenvalue weighted by Crippen LogP contribution is -2.37. The van der Waals surface area contributed by atoms with Crippen molar-refractivity contribution in [3.63, 3.8) is 0 Å². The highest BCUT2D eigenvalue weighted by Gasteiger charge is 2.23. The molecule has 0 aliphatic carbocycles. The first-order valence-electron chi connectivity index (χ1n) is 9.08. The van der Waals surface area contributed by atoms with Crippen LogP contribution in [0.3, 0.4) is 0 Å². The summed E-state index contributed by atoms with van der Waals surface area (Å²) in [5.74, 6) is 0.0925. The van der Waals surface area contributed by atoms with Gasteiger partial charge < -0.3 is 14.4 Å². The Kier molecular flexibility index (Phi) is 5.07. The van der Waals surface area contributed by atoms with E-state index in [-0.39, 0.29) is 11.8 Å². The van der Waals surface area contributed by atoms with Crippen molar-refractivity contribution in [2.24, 2.45) is 0 Å². The molecule has 138 valence electrons. The number of amides is 2. The highest BCUT2D eigenvalue weighted by molar-refractivity contribution is 7.12. The third kappa shape index (κ3) is 3.80. The summed E-state index contributed by atoms with van der Waals surface area (Å²) in [6.45, 7) is 2.50. The van der Waals surface area contributed by atoms with E-state index in [1.165, 1.54) is 11.3 Å². The van der Waals surface area contributed by atoms with Crippen LogP contribution in [-0.2, 0) is 0 Å². The number of hydrogen-bond donors (Lipinski definition) is 0. The maximum atomic E-state index is 12.9. The molecule has 2 amide bonds. The SMILES string of the molecule is O=C(c1ccc(-n2cccc2)cc1)N1CCCN(C(=O)c2cccs2)CC1. The summed E-state index contributed by atoms with van der Waals surface area (Å²) >= 11 is 1.46. The summed E-state index contributed by atoms with van der Waals surface area (Å²) in [6.07, 6.45) is 4.75. The molecule has 0 atom stereocenters. The summed E-state index contributed by atoms with van der Waals surface area (Å²) in [5, 5.41) is 1.91. The molecule has 1 fully saturated rings. The number of rotatable bonds is 3. The first-order valence-corrected chi connectivity index (χ1v) is 9.96. The van der Waals surface area contributed by atoms with Gasteiger partial charge in [-0.1, -0.05) is 6.07 Å². The molecule has 6 heteroatoms. The van der Waals surface area contributed by atoms with Crippen molar-refractivity contribution in [3.8, 4) is 5.69 Å². The lowest BCUT2D eigenvalue weighted by atomic mass is 10.1. The quantitative estimate of drug-likeness (QED) is 0.699. The lowest BCUT2D eigenvalue weighted by Gasteiger charge is -2.22. The molecule has 1 aliphatic heterocycles. The predicted octanol–water partition coefficient (Wildman–Crippen LogP) is 3.53. The fourth-order valence-corrected chi connectivity index (χ4v) is 4.04. The number of aromatic nitrogens is 1. The van der Waals surface area contributed by atoms with Crippen LogP contribution in [0.1, 0.15) is 26.5 Å². The van der Waals surface area contributed by atoms with Gasteiger partial charge in [-0.15, -0.1) is 11.3 Å². The molecule has 0 bridgehead atoms. The maximum Gasteiger partial charge on any atom is 0.263 e. The fraction of sp³-hybridized carbons (Fsp3) is 0.238. The van der Waals surface area contributed by atoms with E-state index in [0.29, 0.717) is 31.7 Å². The Morgan fingerprint density at radius 1 is 0.778 bits per heavy atom. The molecule has 0 saturated carbocycles. The van der Waals surface area contributed by atoms with Crippen LogP contribution in [-0.4, -0.2) is 52.4 Å². The van der Waals surface area contributed by atoms with Crippen molar-refractivity contribution in [2.75, 3.05) is 26.2 Å². The Labute approximate surface area is 162 Å². The van der Waals surface area contributed by atoms with Crippen LogP contribution >= 0.6 is 11.3 Å². The standard InChI is InChI=1S/C21H21N3O2S/c25-20(17-6-8-18(9-7-17)22-10-1-2-11-22)23-12-4-13-24(15-14-23)21(26)19-5-3-16-27-19/h1-3,5-11,16H,4,12-15H2. The second-order valence-corrected chi connectivity index (χ2v) is 7.50. The zero-order valence-electron chi connectivity index (χ0n) is 15.0. The minimum atomic E-state index is 0.0273. The van der Waals surface area contributed by atoms with E-state index in [4.69, 9.17) is 0 Å². The Bertz CT molecular complexity index is 902. The van der Waals surface area contributed by atoms with E-state index in [2.05, 4.69) is 0 Å². The second-order valence-electron chi connectivity index (χ2n) is 6.55. The van der Waals surface area contributed by atoms with Crippen LogP contribution in [0.5, 0.6) is 0 Å². The van der Waals surface area contributed by atoms with Crippen LogP contribution < -0.4 is 0 Å². The molecule has 1 saturated heterocycles. The third-order valence-corrected chi connectivity index (χ3v) is 5.68. The molecule has 1 aliphatic rings. The molecule has 2 aromatic heterocycles. The molecule has 3 aromatic rings. The molecular formula is C21H21N3O2S. The largest absolute Gasteiger partial charge is 0.337 e. The van der Waals surface area contributed by atoms with Gasteiger partial charge >= 0.3 is 0 Å². The van der Waals surface area contributed by atoms with Gasteiger partial charge in [0.15, 0.2) is 0 Å². The summed E-state index contributed by atoms with van der Waals surface area (Å²) in [5.41, 5.74) is 1.71. The Hall–Kier alpha value is -2.86. The highest BCUT2D eigenvalue weighted by atomic mass is 32.1. The van der Waals surface area contributed by atoms with E-state index in [9.17, 15) is 9.59 Å². The maximum absolute atomic E-state index is 12.9. The summed E-state index contributed by atoms with van der Waals surface area (Å²) in [4.78, 5) is 29.9. The predicted molar refractivity (Wildman–Crippen MR) is 107 cm³/mol.